The minimum atomic E-state index is -4.30. The molecule has 128 valence electrons. The largest absolute Gasteiger partial charge is 0.416 e. The van der Waals surface area contributed by atoms with Crippen LogP contribution in [0.5, 0.6) is 0 Å². The Balaban J connectivity index is 1.71. The maximum atomic E-state index is 12.7. The molecule has 5 heteroatoms. The van der Waals surface area contributed by atoms with E-state index < -0.39 is 11.7 Å². The predicted molar refractivity (Wildman–Crippen MR) is 89.9 cm³/mol. The van der Waals surface area contributed by atoms with Crippen LogP contribution in [0.2, 0.25) is 0 Å². The molecule has 0 aliphatic carbocycles. The van der Waals surface area contributed by atoms with Crippen LogP contribution in [-0.4, -0.2) is 19.1 Å². The van der Waals surface area contributed by atoms with Crippen molar-refractivity contribution in [2.24, 2.45) is 11.7 Å². The van der Waals surface area contributed by atoms with E-state index in [1.807, 2.05) is 18.2 Å². The van der Waals surface area contributed by atoms with Crippen molar-refractivity contribution < 1.29 is 13.2 Å². The second-order valence-electron chi connectivity index (χ2n) is 6.50. The zero-order chi connectivity index (χ0) is 17.2. The number of alkyl halides is 3. The van der Waals surface area contributed by atoms with Crippen molar-refractivity contribution in [1.29, 1.82) is 0 Å². The minimum absolute atomic E-state index is 0.0368. The molecule has 24 heavy (non-hydrogen) atoms. The summed E-state index contributed by atoms with van der Waals surface area (Å²) in [6.07, 6.45) is -2.43. The van der Waals surface area contributed by atoms with E-state index in [0.717, 1.165) is 37.2 Å². The van der Waals surface area contributed by atoms with Crippen LogP contribution >= 0.6 is 0 Å². The molecule has 0 saturated carbocycles. The number of hydrogen-bond acceptors (Lipinski definition) is 2. The molecule has 0 amide bonds. The van der Waals surface area contributed by atoms with Crippen LogP contribution in [0.4, 0.5) is 18.9 Å². The molecule has 0 bridgehead atoms. The van der Waals surface area contributed by atoms with Crippen LogP contribution in [0.3, 0.4) is 0 Å². The molecule has 0 aromatic heterocycles. The van der Waals surface area contributed by atoms with Crippen LogP contribution in [0, 0.1) is 5.92 Å². The lowest BCUT2D eigenvalue weighted by Crippen LogP contribution is -2.47. The summed E-state index contributed by atoms with van der Waals surface area (Å²) in [5.74, 6) is 0.401. The Morgan fingerprint density at radius 1 is 0.958 bits per heavy atom. The van der Waals surface area contributed by atoms with Gasteiger partial charge in [-0.3, -0.25) is 0 Å². The first-order valence-corrected chi connectivity index (χ1v) is 8.13. The van der Waals surface area contributed by atoms with Gasteiger partial charge >= 0.3 is 6.18 Å². The smallest absolute Gasteiger partial charge is 0.370 e. The first-order valence-electron chi connectivity index (χ1n) is 8.13. The Morgan fingerprint density at radius 3 is 2.25 bits per heavy atom. The van der Waals surface area contributed by atoms with Gasteiger partial charge in [0, 0.05) is 24.8 Å². The molecule has 2 unspecified atom stereocenters. The second-order valence-corrected chi connectivity index (χ2v) is 6.50. The Morgan fingerprint density at radius 2 is 1.62 bits per heavy atom. The maximum Gasteiger partial charge on any atom is 0.416 e. The normalized spacial score (nSPS) is 21.8. The summed E-state index contributed by atoms with van der Waals surface area (Å²) in [5.41, 5.74) is 7.64. The van der Waals surface area contributed by atoms with E-state index in [9.17, 15) is 13.2 Å². The molecule has 2 aromatic rings. The molecule has 1 heterocycles. The number of nitrogens with zero attached hydrogens (tertiary/aromatic N) is 1. The van der Waals surface area contributed by atoms with Crippen LogP contribution < -0.4 is 10.6 Å². The number of rotatable bonds is 3. The highest BCUT2D eigenvalue weighted by atomic mass is 19.4. The molecule has 2 nitrogen and oxygen atoms in total. The molecular weight excluding hydrogens is 313 g/mol. The highest BCUT2D eigenvalue weighted by molar-refractivity contribution is 5.49. The summed E-state index contributed by atoms with van der Waals surface area (Å²) in [4.78, 5) is 2.10. The number of benzene rings is 2. The fourth-order valence-corrected chi connectivity index (χ4v) is 3.41. The van der Waals surface area contributed by atoms with Gasteiger partial charge in [0.25, 0.3) is 0 Å². The third-order valence-corrected chi connectivity index (χ3v) is 4.50. The highest BCUT2D eigenvalue weighted by Gasteiger charge is 2.31. The van der Waals surface area contributed by atoms with Crippen molar-refractivity contribution in [1.82, 2.24) is 0 Å². The van der Waals surface area contributed by atoms with Crippen LogP contribution in [-0.2, 0) is 12.6 Å². The summed E-state index contributed by atoms with van der Waals surface area (Å²) in [6, 6.07) is 15.6. The molecule has 2 aromatic carbocycles. The number of piperidine rings is 1. The van der Waals surface area contributed by atoms with Crippen molar-refractivity contribution in [2.45, 2.75) is 25.1 Å². The molecule has 1 aliphatic heterocycles. The second kappa shape index (κ2) is 6.85. The van der Waals surface area contributed by atoms with Crippen molar-refractivity contribution in [2.75, 3.05) is 18.0 Å². The predicted octanol–water partition coefficient (Wildman–Crippen LogP) is 4.10. The molecule has 2 N–H and O–H groups in total. The average molecular weight is 334 g/mol. The monoisotopic (exact) mass is 334 g/mol. The zero-order valence-corrected chi connectivity index (χ0v) is 13.3. The Hall–Kier alpha value is -2.01. The van der Waals surface area contributed by atoms with Gasteiger partial charge in [-0.05, 0) is 48.6 Å². The van der Waals surface area contributed by atoms with E-state index >= 15 is 0 Å². The third kappa shape index (κ3) is 4.09. The number of anilines is 1. The molecular formula is C19H21F3N2. The lowest BCUT2D eigenvalue weighted by atomic mass is 9.89. The highest BCUT2D eigenvalue weighted by Crippen LogP contribution is 2.31. The Kier molecular flexibility index (Phi) is 4.81. The minimum Gasteiger partial charge on any atom is -0.370 e. The molecule has 3 rings (SSSR count). The SMILES string of the molecule is NC1CC(Cc2ccccc2)CN(c2ccc(C(F)(F)F)cc2)C1. The van der Waals surface area contributed by atoms with Crippen molar-refractivity contribution >= 4 is 5.69 Å². The summed E-state index contributed by atoms with van der Waals surface area (Å²) < 4.78 is 38.1. The maximum absolute atomic E-state index is 12.7. The first-order chi connectivity index (χ1) is 11.4. The van der Waals surface area contributed by atoms with Crippen LogP contribution in [0.1, 0.15) is 17.5 Å². The summed E-state index contributed by atoms with van der Waals surface area (Å²) >= 11 is 0. The fourth-order valence-electron chi connectivity index (χ4n) is 3.41. The lowest BCUT2D eigenvalue weighted by Gasteiger charge is -2.38. The number of halogens is 3. The van der Waals surface area contributed by atoms with Crippen LogP contribution in [0.15, 0.2) is 54.6 Å². The third-order valence-electron chi connectivity index (χ3n) is 4.50. The van der Waals surface area contributed by atoms with Gasteiger partial charge in [0.05, 0.1) is 5.56 Å². The zero-order valence-electron chi connectivity index (χ0n) is 13.3. The topological polar surface area (TPSA) is 29.3 Å². The average Bonchev–Trinajstić information content (AvgIpc) is 2.54. The summed E-state index contributed by atoms with van der Waals surface area (Å²) in [7, 11) is 0. The summed E-state index contributed by atoms with van der Waals surface area (Å²) in [6.45, 7) is 1.49. The number of nitrogens with two attached hydrogens (primary N) is 1. The van der Waals surface area contributed by atoms with E-state index in [1.54, 1.807) is 12.1 Å². The number of hydrogen-bond donors (Lipinski definition) is 1. The van der Waals surface area contributed by atoms with Gasteiger partial charge in [-0.2, -0.15) is 13.2 Å². The van der Waals surface area contributed by atoms with Crippen molar-refractivity contribution in [3.05, 3.63) is 65.7 Å². The van der Waals surface area contributed by atoms with Gasteiger partial charge in [-0.1, -0.05) is 30.3 Å². The molecule has 0 radical (unpaired) electrons. The molecule has 1 fully saturated rings. The van der Waals surface area contributed by atoms with Crippen molar-refractivity contribution in [3.63, 3.8) is 0 Å². The molecule has 0 spiro atoms. The van der Waals surface area contributed by atoms with Gasteiger partial charge in [0.15, 0.2) is 0 Å². The molecule has 2 atom stereocenters. The van der Waals surface area contributed by atoms with Gasteiger partial charge in [-0.25, -0.2) is 0 Å². The van der Waals surface area contributed by atoms with E-state index in [2.05, 4.69) is 17.0 Å². The van der Waals surface area contributed by atoms with Gasteiger partial charge in [0.1, 0.15) is 0 Å². The van der Waals surface area contributed by atoms with Gasteiger partial charge in [0.2, 0.25) is 0 Å². The Labute approximate surface area is 140 Å². The van der Waals surface area contributed by atoms with Gasteiger partial charge in [-0.15, -0.1) is 0 Å². The first kappa shape index (κ1) is 16.8. The quantitative estimate of drug-likeness (QED) is 0.915. The van der Waals surface area contributed by atoms with E-state index in [0.29, 0.717) is 12.5 Å². The molecule has 1 aliphatic rings. The Bertz CT molecular complexity index is 653. The summed E-state index contributed by atoms with van der Waals surface area (Å²) in [5, 5.41) is 0. The van der Waals surface area contributed by atoms with Gasteiger partial charge < -0.3 is 10.6 Å². The van der Waals surface area contributed by atoms with E-state index in [-0.39, 0.29) is 6.04 Å². The van der Waals surface area contributed by atoms with Crippen LogP contribution in [0.25, 0.3) is 0 Å². The fraction of sp³-hybridized carbons (Fsp3) is 0.368. The van der Waals surface area contributed by atoms with E-state index in [1.165, 1.54) is 5.56 Å². The standard InChI is InChI=1S/C19H21F3N2/c20-19(21,22)16-6-8-18(9-7-16)24-12-15(11-17(23)13-24)10-14-4-2-1-3-5-14/h1-9,15,17H,10-13,23H2. The molecule has 1 saturated heterocycles. The lowest BCUT2D eigenvalue weighted by molar-refractivity contribution is -0.137. The van der Waals surface area contributed by atoms with E-state index in [4.69, 9.17) is 5.73 Å². The van der Waals surface area contributed by atoms with Crippen molar-refractivity contribution in [3.8, 4) is 0 Å².